The maximum absolute atomic E-state index is 5.47. The molecule has 2 fully saturated rings. The lowest BCUT2D eigenvalue weighted by molar-refractivity contribution is 0.331. The lowest BCUT2D eigenvalue weighted by Crippen LogP contribution is -2.24. The van der Waals surface area contributed by atoms with Gasteiger partial charge in [0.2, 0.25) is 0 Å². The van der Waals surface area contributed by atoms with Crippen LogP contribution in [-0.2, 0) is 9.31 Å². The fourth-order valence-electron chi connectivity index (χ4n) is 2.06. The molecule has 0 spiro atoms. The van der Waals surface area contributed by atoms with Gasteiger partial charge in [0.25, 0.3) is 0 Å². The Hall–Kier alpha value is -0.0151. The maximum atomic E-state index is 5.47. The highest BCUT2D eigenvalue weighted by Gasteiger charge is 2.34. The van der Waals surface area contributed by atoms with Crippen molar-refractivity contribution in [2.24, 2.45) is 0 Å². The zero-order valence-corrected chi connectivity index (χ0v) is 6.92. The van der Waals surface area contributed by atoms with Gasteiger partial charge in [0, 0.05) is 0 Å². The lowest BCUT2D eigenvalue weighted by Gasteiger charge is -2.22. The number of rotatable bonds is 1. The van der Waals surface area contributed by atoms with E-state index in [9.17, 15) is 0 Å². The van der Waals surface area contributed by atoms with E-state index >= 15 is 0 Å². The minimum Gasteiger partial charge on any atom is -0.409 e. The normalized spacial score (nSPS) is 27.8. The highest BCUT2D eigenvalue weighted by atomic mass is 16.6. The highest BCUT2D eigenvalue weighted by Crippen LogP contribution is 2.32. The Labute approximate surface area is 68.4 Å². The largest absolute Gasteiger partial charge is 0.460 e. The van der Waals surface area contributed by atoms with Crippen LogP contribution in [0.1, 0.15) is 32.1 Å². The molecule has 11 heavy (non-hydrogen) atoms. The Morgan fingerprint density at radius 3 is 2.18 bits per heavy atom. The Morgan fingerprint density at radius 1 is 0.909 bits per heavy atom. The molecule has 2 rings (SSSR count). The summed E-state index contributed by atoms with van der Waals surface area (Å²) in [6.45, 7) is 1.61. The van der Waals surface area contributed by atoms with Crippen molar-refractivity contribution in [3.8, 4) is 0 Å². The summed E-state index contributed by atoms with van der Waals surface area (Å²) in [5, 5.41) is 0. The first-order valence-electron chi connectivity index (χ1n) is 4.70. The van der Waals surface area contributed by atoms with E-state index in [1.165, 1.54) is 32.1 Å². The van der Waals surface area contributed by atoms with Gasteiger partial charge in [0.05, 0.1) is 13.2 Å². The molecule has 2 aliphatic rings. The van der Waals surface area contributed by atoms with E-state index in [1.54, 1.807) is 0 Å². The summed E-state index contributed by atoms with van der Waals surface area (Å²) in [6.07, 6.45) is 6.76. The molecule has 0 aromatic heterocycles. The third-order valence-electron chi connectivity index (χ3n) is 2.68. The van der Waals surface area contributed by atoms with E-state index in [1.807, 2.05) is 0 Å². The van der Waals surface area contributed by atoms with Gasteiger partial charge in [-0.3, -0.25) is 0 Å². The monoisotopic (exact) mass is 154 g/mol. The molecular formula is C8H15BO2. The van der Waals surface area contributed by atoms with Crippen LogP contribution >= 0.6 is 0 Å². The summed E-state index contributed by atoms with van der Waals surface area (Å²) in [5.74, 6) is 0.700. The van der Waals surface area contributed by atoms with Gasteiger partial charge in [-0.1, -0.05) is 32.1 Å². The van der Waals surface area contributed by atoms with E-state index in [0.29, 0.717) is 5.82 Å². The quantitative estimate of drug-likeness (QED) is 0.536. The van der Waals surface area contributed by atoms with Crippen molar-refractivity contribution in [3.05, 3.63) is 0 Å². The van der Waals surface area contributed by atoms with Gasteiger partial charge < -0.3 is 9.31 Å². The van der Waals surface area contributed by atoms with Gasteiger partial charge in [-0.15, -0.1) is 0 Å². The fourth-order valence-corrected chi connectivity index (χ4v) is 2.06. The maximum Gasteiger partial charge on any atom is 0.460 e. The molecule has 1 saturated heterocycles. The summed E-state index contributed by atoms with van der Waals surface area (Å²) in [6, 6.07) is 0. The van der Waals surface area contributed by atoms with Gasteiger partial charge in [-0.2, -0.15) is 0 Å². The van der Waals surface area contributed by atoms with Crippen LogP contribution in [0.25, 0.3) is 0 Å². The fraction of sp³-hybridized carbons (Fsp3) is 1.00. The van der Waals surface area contributed by atoms with E-state index in [4.69, 9.17) is 9.31 Å². The molecule has 1 aliphatic carbocycles. The molecule has 1 heterocycles. The Bertz CT molecular complexity index is 117. The molecule has 0 aromatic carbocycles. The van der Waals surface area contributed by atoms with Crippen LogP contribution in [0.15, 0.2) is 0 Å². The van der Waals surface area contributed by atoms with E-state index in [-0.39, 0.29) is 7.12 Å². The van der Waals surface area contributed by atoms with Crippen LogP contribution in [0, 0.1) is 0 Å². The topological polar surface area (TPSA) is 18.5 Å². The summed E-state index contributed by atoms with van der Waals surface area (Å²) >= 11 is 0. The summed E-state index contributed by atoms with van der Waals surface area (Å²) in [5.41, 5.74) is 0. The molecule has 0 radical (unpaired) electrons. The van der Waals surface area contributed by atoms with E-state index < -0.39 is 0 Å². The predicted octanol–water partition coefficient (Wildman–Crippen LogP) is 1.86. The second-order valence-electron chi connectivity index (χ2n) is 3.51. The van der Waals surface area contributed by atoms with Gasteiger partial charge in [0.1, 0.15) is 0 Å². The molecule has 0 aromatic rings. The summed E-state index contributed by atoms with van der Waals surface area (Å²) in [7, 11) is 0.148. The molecule has 0 amide bonds. The number of hydrogen-bond acceptors (Lipinski definition) is 2. The molecule has 0 atom stereocenters. The minimum absolute atomic E-state index is 0.148. The second-order valence-corrected chi connectivity index (χ2v) is 3.51. The first-order chi connectivity index (χ1) is 5.47. The summed E-state index contributed by atoms with van der Waals surface area (Å²) < 4.78 is 10.9. The van der Waals surface area contributed by atoms with Crippen molar-refractivity contribution in [1.29, 1.82) is 0 Å². The second kappa shape index (κ2) is 3.59. The zero-order chi connectivity index (χ0) is 7.52. The van der Waals surface area contributed by atoms with Crippen LogP contribution in [0.4, 0.5) is 0 Å². The van der Waals surface area contributed by atoms with Crippen molar-refractivity contribution >= 4 is 7.12 Å². The Balaban J connectivity index is 1.82. The standard InChI is InChI=1S/C8H15BO2/c1-2-4-8(5-3-1)9-10-6-7-11-9/h8H,1-7H2. The third-order valence-corrected chi connectivity index (χ3v) is 2.68. The molecule has 0 bridgehead atoms. The van der Waals surface area contributed by atoms with Crippen molar-refractivity contribution in [3.63, 3.8) is 0 Å². The molecule has 2 nitrogen and oxygen atoms in total. The predicted molar refractivity (Wildman–Crippen MR) is 44.5 cm³/mol. The highest BCUT2D eigenvalue weighted by molar-refractivity contribution is 6.46. The van der Waals surface area contributed by atoms with Crippen LogP contribution in [0.5, 0.6) is 0 Å². The lowest BCUT2D eigenvalue weighted by atomic mass is 9.65. The van der Waals surface area contributed by atoms with Crippen LogP contribution in [0.2, 0.25) is 5.82 Å². The number of hydrogen-bond donors (Lipinski definition) is 0. The molecular weight excluding hydrogens is 139 g/mol. The third kappa shape index (κ3) is 1.77. The van der Waals surface area contributed by atoms with E-state index in [2.05, 4.69) is 0 Å². The summed E-state index contributed by atoms with van der Waals surface area (Å²) in [4.78, 5) is 0. The minimum atomic E-state index is 0.148. The molecule has 3 heteroatoms. The van der Waals surface area contributed by atoms with Crippen LogP contribution < -0.4 is 0 Å². The smallest absolute Gasteiger partial charge is 0.409 e. The Kier molecular flexibility index (Phi) is 2.49. The van der Waals surface area contributed by atoms with Crippen molar-refractivity contribution < 1.29 is 9.31 Å². The van der Waals surface area contributed by atoms with Crippen molar-refractivity contribution in [2.75, 3.05) is 13.2 Å². The SMILES string of the molecule is C1CCC(B2OCCO2)CC1. The average Bonchev–Trinajstić information content (AvgIpc) is 2.58. The Morgan fingerprint density at radius 2 is 1.55 bits per heavy atom. The van der Waals surface area contributed by atoms with Gasteiger partial charge in [-0.25, -0.2) is 0 Å². The first-order valence-corrected chi connectivity index (χ1v) is 4.70. The molecule has 1 aliphatic heterocycles. The van der Waals surface area contributed by atoms with Crippen molar-refractivity contribution in [1.82, 2.24) is 0 Å². The zero-order valence-electron chi connectivity index (χ0n) is 6.92. The average molecular weight is 154 g/mol. The van der Waals surface area contributed by atoms with Gasteiger partial charge in [0.15, 0.2) is 0 Å². The van der Waals surface area contributed by atoms with Crippen LogP contribution in [0.3, 0.4) is 0 Å². The van der Waals surface area contributed by atoms with Gasteiger partial charge >= 0.3 is 7.12 Å². The van der Waals surface area contributed by atoms with Crippen LogP contribution in [-0.4, -0.2) is 20.3 Å². The van der Waals surface area contributed by atoms with Gasteiger partial charge in [-0.05, 0) is 5.82 Å². The van der Waals surface area contributed by atoms with E-state index in [0.717, 1.165) is 13.2 Å². The first kappa shape index (κ1) is 7.62. The molecule has 0 N–H and O–H groups in total. The molecule has 62 valence electrons. The van der Waals surface area contributed by atoms with Crippen molar-refractivity contribution in [2.45, 2.75) is 37.9 Å². The molecule has 0 unspecified atom stereocenters. The molecule has 1 saturated carbocycles.